The van der Waals surface area contributed by atoms with Gasteiger partial charge in [-0.15, -0.1) is 11.3 Å². The van der Waals surface area contributed by atoms with Crippen LogP contribution in [0.1, 0.15) is 10.9 Å². The van der Waals surface area contributed by atoms with Gasteiger partial charge in [0.05, 0.1) is 17.8 Å². The van der Waals surface area contributed by atoms with Crippen molar-refractivity contribution in [3.63, 3.8) is 0 Å². The van der Waals surface area contributed by atoms with Crippen LogP contribution in [0.15, 0.2) is 23.6 Å². The molecule has 3 rings (SSSR count). The second-order valence-electron chi connectivity index (χ2n) is 4.27. The van der Waals surface area contributed by atoms with Crippen LogP contribution in [0.4, 0.5) is 4.39 Å². The summed E-state index contributed by atoms with van der Waals surface area (Å²) in [4.78, 5) is 4.58. The summed E-state index contributed by atoms with van der Waals surface area (Å²) < 4.78 is 18.6. The molecule has 1 aromatic heterocycles. The molecular weight excluding hydrogens is 251 g/mol. The zero-order valence-corrected chi connectivity index (χ0v) is 10.8. The quantitative estimate of drug-likeness (QED) is 0.925. The standard InChI is InChI=1S/C13H13FN2OS/c1-17-12-3-2-9(14)4-10(12)11-7-18-13(16-11)8-5-15-6-8/h2-4,7-8,15H,5-6H2,1H3. The summed E-state index contributed by atoms with van der Waals surface area (Å²) in [5.74, 6) is 0.883. The maximum Gasteiger partial charge on any atom is 0.128 e. The van der Waals surface area contributed by atoms with Gasteiger partial charge in [0.1, 0.15) is 11.6 Å². The van der Waals surface area contributed by atoms with Crippen molar-refractivity contribution in [2.45, 2.75) is 5.92 Å². The third kappa shape index (κ3) is 2.00. The van der Waals surface area contributed by atoms with E-state index in [1.807, 2.05) is 5.38 Å². The average molecular weight is 264 g/mol. The number of hydrogen-bond acceptors (Lipinski definition) is 4. The summed E-state index contributed by atoms with van der Waals surface area (Å²) in [7, 11) is 1.58. The Balaban J connectivity index is 1.98. The molecule has 1 N–H and O–H groups in total. The van der Waals surface area contributed by atoms with Crippen molar-refractivity contribution in [1.29, 1.82) is 0 Å². The normalized spacial score (nSPS) is 15.4. The molecule has 18 heavy (non-hydrogen) atoms. The van der Waals surface area contributed by atoms with Crippen LogP contribution in [0.2, 0.25) is 0 Å². The van der Waals surface area contributed by atoms with E-state index in [4.69, 9.17) is 4.74 Å². The third-order valence-electron chi connectivity index (χ3n) is 3.09. The first kappa shape index (κ1) is 11.6. The third-order valence-corrected chi connectivity index (χ3v) is 4.10. The van der Waals surface area contributed by atoms with Gasteiger partial charge in [-0.25, -0.2) is 9.37 Å². The minimum atomic E-state index is -0.273. The predicted octanol–water partition coefficient (Wildman–Crippen LogP) is 2.64. The number of methoxy groups -OCH3 is 1. The fourth-order valence-electron chi connectivity index (χ4n) is 1.94. The summed E-state index contributed by atoms with van der Waals surface area (Å²) in [6, 6.07) is 4.50. The van der Waals surface area contributed by atoms with Gasteiger partial charge in [-0.3, -0.25) is 0 Å². The monoisotopic (exact) mass is 264 g/mol. The average Bonchev–Trinajstić information content (AvgIpc) is 2.76. The highest BCUT2D eigenvalue weighted by atomic mass is 32.1. The second-order valence-corrected chi connectivity index (χ2v) is 5.16. The van der Waals surface area contributed by atoms with Crippen LogP contribution >= 0.6 is 11.3 Å². The zero-order valence-electron chi connectivity index (χ0n) is 9.94. The van der Waals surface area contributed by atoms with Crippen molar-refractivity contribution in [3.8, 4) is 17.0 Å². The molecule has 2 aromatic rings. The minimum Gasteiger partial charge on any atom is -0.496 e. The summed E-state index contributed by atoms with van der Waals surface area (Å²) in [5, 5.41) is 6.29. The van der Waals surface area contributed by atoms with Gasteiger partial charge in [0.2, 0.25) is 0 Å². The number of ether oxygens (including phenoxy) is 1. The first-order valence-corrected chi connectivity index (χ1v) is 6.66. The van der Waals surface area contributed by atoms with Gasteiger partial charge < -0.3 is 10.1 Å². The molecule has 94 valence electrons. The predicted molar refractivity (Wildman–Crippen MR) is 69.7 cm³/mol. The molecule has 0 amide bonds. The molecule has 0 atom stereocenters. The molecule has 2 heterocycles. The number of aromatic nitrogens is 1. The van der Waals surface area contributed by atoms with Gasteiger partial charge in [-0.2, -0.15) is 0 Å². The maximum atomic E-state index is 13.3. The number of benzene rings is 1. The van der Waals surface area contributed by atoms with Gasteiger partial charge in [0.15, 0.2) is 0 Å². The van der Waals surface area contributed by atoms with E-state index in [-0.39, 0.29) is 5.82 Å². The number of halogens is 1. The summed E-state index contributed by atoms with van der Waals surface area (Å²) >= 11 is 1.62. The van der Waals surface area contributed by atoms with E-state index in [2.05, 4.69) is 10.3 Å². The lowest BCUT2D eigenvalue weighted by atomic mass is 10.1. The molecule has 0 bridgehead atoms. The largest absolute Gasteiger partial charge is 0.496 e. The Morgan fingerprint density at radius 2 is 2.28 bits per heavy atom. The molecule has 1 aliphatic heterocycles. The van der Waals surface area contributed by atoms with E-state index in [0.29, 0.717) is 17.2 Å². The highest BCUT2D eigenvalue weighted by Gasteiger charge is 2.22. The Bertz CT molecular complexity index is 566. The fraction of sp³-hybridized carbons (Fsp3) is 0.308. The molecule has 0 unspecified atom stereocenters. The Morgan fingerprint density at radius 3 is 2.94 bits per heavy atom. The van der Waals surface area contributed by atoms with E-state index in [9.17, 15) is 4.39 Å². The Morgan fingerprint density at radius 1 is 1.44 bits per heavy atom. The van der Waals surface area contributed by atoms with Gasteiger partial charge in [0, 0.05) is 30.0 Å². The van der Waals surface area contributed by atoms with Crippen LogP contribution in [-0.4, -0.2) is 25.2 Å². The zero-order chi connectivity index (χ0) is 12.5. The van der Waals surface area contributed by atoms with E-state index in [1.54, 1.807) is 24.5 Å². The van der Waals surface area contributed by atoms with E-state index in [0.717, 1.165) is 23.8 Å². The van der Waals surface area contributed by atoms with Crippen molar-refractivity contribution in [3.05, 3.63) is 34.4 Å². The molecular formula is C13H13FN2OS. The molecule has 0 saturated carbocycles. The highest BCUT2D eigenvalue weighted by Crippen LogP contribution is 2.33. The van der Waals surface area contributed by atoms with Crippen molar-refractivity contribution < 1.29 is 9.13 Å². The van der Waals surface area contributed by atoms with E-state index in [1.165, 1.54) is 12.1 Å². The number of thiazole rings is 1. The van der Waals surface area contributed by atoms with Crippen LogP contribution in [0.25, 0.3) is 11.3 Å². The van der Waals surface area contributed by atoms with Gasteiger partial charge in [-0.05, 0) is 18.2 Å². The van der Waals surface area contributed by atoms with Crippen LogP contribution < -0.4 is 10.1 Å². The van der Waals surface area contributed by atoms with Crippen molar-refractivity contribution in [2.24, 2.45) is 0 Å². The fourth-order valence-corrected chi connectivity index (χ4v) is 2.86. The number of hydrogen-bond donors (Lipinski definition) is 1. The first-order chi connectivity index (χ1) is 8.78. The van der Waals surface area contributed by atoms with Crippen LogP contribution in [-0.2, 0) is 0 Å². The molecule has 3 nitrogen and oxygen atoms in total. The molecule has 1 aromatic carbocycles. The first-order valence-electron chi connectivity index (χ1n) is 5.78. The van der Waals surface area contributed by atoms with Gasteiger partial charge in [0.25, 0.3) is 0 Å². The van der Waals surface area contributed by atoms with Crippen LogP contribution in [0.5, 0.6) is 5.75 Å². The molecule has 0 aliphatic carbocycles. The Kier molecular flexibility index (Phi) is 3.01. The van der Waals surface area contributed by atoms with Gasteiger partial charge >= 0.3 is 0 Å². The van der Waals surface area contributed by atoms with E-state index >= 15 is 0 Å². The van der Waals surface area contributed by atoms with Crippen molar-refractivity contribution in [1.82, 2.24) is 10.3 Å². The van der Waals surface area contributed by atoms with Gasteiger partial charge in [-0.1, -0.05) is 0 Å². The smallest absolute Gasteiger partial charge is 0.128 e. The Hall–Kier alpha value is -1.46. The minimum absolute atomic E-state index is 0.273. The topological polar surface area (TPSA) is 34.1 Å². The summed E-state index contributed by atoms with van der Waals surface area (Å²) in [5.41, 5.74) is 1.51. The molecule has 1 fully saturated rings. The Labute approximate surface area is 109 Å². The van der Waals surface area contributed by atoms with E-state index < -0.39 is 0 Å². The maximum absolute atomic E-state index is 13.3. The van der Waals surface area contributed by atoms with Crippen molar-refractivity contribution in [2.75, 3.05) is 20.2 Å². The van der Waals surface area contributed by atoms with Crippen molar-refractivity contribution >= 4 is 11.3 Å². The lowest BCUT2D eigenvalue weighted by molar-refractivity contribution is 0.415. The van der Waals surface area contributed by atoms with Crippen LogP contribution in [0.3, 0.4) is 0 Å². The lowest BCUT2D eigenvalue weighted by Crippen LogP contribution is -2.39. The number of rotatable bonds is 3. The SMILES string of the molecule is COc1ccc(F)cc1-c1csc(C2CNC2)n1. The summed E-state index contributed by atoms with van der Waals surface area (Å²) in [6.07, 6.45) is 0. The number of nitrogens with one attached hydrogen (secondary N) is 1. The van der Waals surface area contributed by atoms with Crippen LogP contribution in [0, 0.1) is 5.82 Å². The number of nitrogens with zero attached hydrogens (tertiary/aromatic N) is 1. The lowest BCUT2D eigenvalue weighted by Gasteiger charge is -2.24. The summed E-state index contributed by atoms with van der Waals surface area (Å²) in [6.45, 7) is 1.96. The second kappa shape index (κ2) is 4.66. The molecule has 5 heteroatoms. The molecule has 1 saturated heterocycles. The highest BCUT2D eigenvalue weighted by molar-refractivity contribution is 7.10. The molecule has 0 radical (unpaired) electrons. The molecule has 0 spiro atoms. The molecule has 1 aliphatic rings.